The summed E-state index contributed by atoms with van der Waals surface area (Å²) in [6.45, 7) is 9.79. The summed E-state index contributed by atoms with van der Waals surface area (Å²) < 4.78 is 29.3. The Balaban J connectivity index is 5.57. The van der Waals surface area contributed by atoms with Gasteiger partial charge in [0.05, 0.1) is 13.2 Å². The Kier molecular flexibility index (Phi) is 10.6. The Hall–Kier alpha value is -1.64. The van der Waals surface area contributed by atoms with Crippen molar-refractivity contribution in [2.24, 2.45) is 0 Å². The topological polar surface area (TPSA) is 131 Å². The predicted molar refractivity (Wildman–Crippen MR) is 98.3 cm³/mol. The molecule has 0 rings (SSSR count). The number of hydrogen-bond acceptors (Lipinski definition) is 7. The van der Waals surface area contributed by atoms with Crippen LogP contribution >= 0.6 is 7.75 Å². The van der Waals surface area contributed by atoms with Gasteiger partial charge in [-0.2, -0.15) is 0 Å². The first-order valence-electron chi connectivity index (χ1n) is 8.82. The zero-order chi connectivity index (χ0) is 21.3. The highest BCUT2D eigenvalue weighted by Gasteiger charge is 2.40. The van der Waals surface area contributed by atoms with E-state index in [9.17, 15) is 18.9 Å². The summed E-state index contributed by atoms with van der Waals surface area (Å²) in [6, 6.07) is -1.26. The van der Waals surface area contributed by atoms with Crippen LogP contribution in [0.4, 0.5) is 4.79 Å². The lowest BCUT2D eigenvalue weighted by Gasteiger charge is -2.32. The Labute approximate surface area is 160 Å². The first kappa shape index (κ1) is 25.4. The van der Waals surface area contributed by atoms with Gasteiger partial charge in [0.15, 0.2) is 0 Å². The molecule has 0 heterocycles. The molecule has 11 heteroatoms. The maximum Gasteiger partial charge on any atom is 0.437 e. The van der Waals surface area contributed by atoms with Crippen molar-refractivity contribution in [2.45, 2.75) is 66.0 Å². The fourth-order valence-electron chi connectivity index (χ4n) is 2.11. The number of carboxylic acids is 1. The predicted octanol–water partition coefficient (Wildman–Crippen LogP) is 2.77. The molecular weight excluding hydrogens is 379 g/mol. The number of likely N-dealkylation sites (N-methyl/N-ethyl adjacent to an activating group) is 1. The number of aliphatic carboxylic acids is 1. The summed E-state index contributed by atoms with van der Waals surface area (Å²) in [7, 11) is -3.93. The minimum atomic E-state index is -3.93. The molecule has 0 aromatic heterocycles. The number of amides is 2. The van der Waals surface area contributed by atoms with E-state index >= 15 is 0 Å². The van der Waals surface area contributed by atoms with Gasteiger partial charge in [-0.15, -0.1) is 0 Å². The van der Waals surface area contributed by atoms with E-state index in [-0.39, 0.29) is 32.6 Å². The fraction of sp³-hybridized carbons (Fsp3) is 0.812. The van der Waals surface area contributed by atoms with Gasteiger partial charge in [0.1, 0.15) is 11.6 Å². The van der Waals surface area contributed by atoms with Crippen molar-refractivity contribution < 1.29 is 37.8 Å². The van der Waals surface area contributed by atoms with Crippen LogP contribution in [-0.4, -0.2) is 59.1 Å². The van der Waals surface area contributed by atoms with Gasteiger partial charge < -0.3 is 15.2 Å². The van der Waals surface area contributed by atoms with Gasteiger partial charge >= 0.3 is 19.8 Å². The number of nitrogens with zero attached hydrogens (tertiary/aromatic N) is 1. The SMILES string of the molecule is CCOP(=O)(OCC)N(CC)C(=O)C(CCC(=O)O)NC(=O)OC(C)(C)C. The second-order valence-corrected chi connectivity index (χ2v) is 8.43. The molecule has 0 aliphatic carbocycles. The van der Waals surface area contributed by atoms with Crippen LogP contribution in [-0.2, 0) is 27.9 Å². The third kappa shape index (κ3) is 9.21. The highest BCUT2D eigenvalue weighted by molar-refractivity contribution is 7.52. The number of carbonyl (C=O) groups is 3. The molecule has 2 N–H and O–H groups in total. The molecule has 0 spiro atoms. The second-order valence-electron chi connectivity index (χ2n) is 6.49. The van der Waals surface area contributed by atoms with Gasteiger partial charge in [0, 0.05) is 13.0 Å². The third-order valence-corrected chi connectivity index (χ3v) is 5.31. The van der Waals surface area contributed by atoms with Crippen molar-refractivity contribution in [3.8, 4) is 0 Å². The van der Waals surface area contributed by atoms with E-state index in [0.29, 0.717) is 0 Å². The number of alkyl carbamates (subject to hydrolysis) is 1. The zero-order valence-electron chi connectivity index (χ0n) is 16.8. The van der Waals surface area contributed by atoms with Gasteiger partial charge in [0.2, 0.25) is 0 Å². The Morgan fingerprint density at radius 3 is 2.00 bits per heavy atom. The van der Waals surface area contributed by atoms with Gasteiger partial charge in [0.25, 0.3) is 5.91 Å². The quantitative estimate of drug-likeness (QED) is 0.497. The molecule has 10 nitrogen and oxygen atoms in total. The van der Waals surface area contributed by atoms with E-state index in [4.69, 9.17) is 18.9 Å². The Morgan fingerprint density at radius 1 is 1.11 bits per heavy atom. The molecule has 158 valence electrons. The summed E-state index contributed by atoms with van der Waals surface area (Å²) in [4.78, 5) is 35.9. The van der Waals surface area contributed by atoms with Gasteiger partial charge in [-0.25, -0.2) is 14.0 Å². The molecule has 0 aromatic carbocycles. The Bertz CT molecular complexity index is 551. The highest BCUT2D eigenvalue weighted by atomic mass is 31.2. The number of rotatable bonds is 11. The van der Waals surface area contributed by atoms with Crippen molar-refractivity contribution in [3.05, 3.63) is 0 Å². The van der Waals surface area contributed by atoms with Gasteiger partial charge in [-0.05, 0) is 48.0 Å². The van der Waals surface area contributed by atoms with Crippen molar-refractivity contribution in [3.63, 3.8) is 0 Å². The van der Waals surface area contributed by atoms with Gasteiger partial charge in [-0.3, -0.25) is 18.6 Å². The summed E-state index contributed by atoms with van der Waals surface area (Å²) in [5.41, 5.74) is -0.805. The molecule has 0 aromatic rings. The number of ether oxygens (including phenoxy) is 1. The van der Waals surface area contributed by atoms with E-state index in [2.05, 4.69) is 5.32 Å². The average molecular weight is 410 g/mol. The van der Waals surface area contributed by atoms with Crippen LogP contribution in [0, 0.1) is 0 Å². The van der Waals surface area contributed by atoms with Gasteiger partial charge in [-0.1, -0.05) is 0 Å². The molecule has 0 aliphatic rings. The number of carbonyl (C=O) groups excluding carboxylic acids is 2. The van der Waals surface area contributed by atoms with E-state index in [0.717, 1.165) is 4.67 Å². The van der Waals surface area contributed by atoms with Crippen LogP contribution in [0.3, 0.4) is 0 Å². The maximum atomic E-state index is 12.9. The normalized spacial score (nSPS) is 13.0. The van der Waals surface area contributed by atoms with Crippen LogP contribution in [0.1, 0.15) is 54.4 Å². The number of nitrogens with one attached hydrogen (secondary N) is 1. The molecule has 0 fully saturated rings. The lowest BCUT2D eigenvalue weighted by atomic mass is 10.1. The Morgan fingerprint density at radius 2 is 1.63 bits per heavy atom. The standard InChI is InChI=1S/C16H31N2O8P/c1-7-18(27(23,24-8-2)25-9-3)14(21)12(10-11-13(19)20)17-15(22)26-16(4,5)6/h12H,7-11H2,1-6H3,(H,17,22)(H,19,20). The van der Waals surface area contributed by atoms with E-state index in [1.807, 2.05) is 0 Å². The maximum absolute atomic E-state index is 12.9. The third-order valence-electron chi connectivity index (χ3n) is 3.07. The van der Waals surface area contributed by atoms with Crippen LogP contribution in [0.25, 0.3) is 0 Å². The molecule has 0 bridgehead atoms. The molecular formula is C16H31N2O8P. The molecule has 1 unspecified atom stereocenters. The van der Waals surface area contributed by atoms with Crippen LogP contribution < -0.4 is 5.32 Å². The van der Waals surface area contributed by atoms with Crippen molar-refractivity contribution >= 4 is 25.7 Å². The summed E-state index contributed by atoms with van der Waals surface area (Å²) in [5, 5.41) is 11.3. The smallest absolute Gasteiger partial charge is 0.437 e. The minimum absolute atomic E-state index is 0.0182. The molecule has 1 atom stereocenters. The largest absolute Gasteiger partial charge is 0.481 e. The number of carboxylic acid groups (broad SMARTS) is 1. The van der Waals surface area contributed by atoms with Crippen LogP contribution in [0.2, 0.25) is 0 Å². The van der Waals surface area contributed by atoms with Crippen molar-refractivity contribution in [2.75, 3.05) is 19.8 Å². The zero-order valence-corrected chi connectivity index (χ0v) is 17.7. The monoisotopic (exact) mass is 410 g/mol. The molecule has 0 saturated heterocycles. The van der Waals surface area contributed by atoms with E-state index in [1.165, 1.54) is 0 Å². The molecule has 27 heavy (non-hydrogen) atoms. The van der Waals surface area contributed by atoms with Crippen molar-refractivity contribution in [1.82, 2.24) is 9.99 Å². The van der Waals surface area contributed by atoms with E-state index < -0.39 is 37.4 Å². The first-order chi connectivity index (χ1) is 12.4. The average Bonchev–Trinajstić information content (AvgIpc) is 2.50. The summed E-state index contributed by atoms with van der Waals surface area (Å²) >= 11 is 0. The molecule has 0 saturated carbocycles. The van der Waals surface area contributed by atoms with Crippen LogP contribution in [0.15, 0.2) is 0 Å². The molecule has 0 radical (unpaired) electrons. The summed E-state index contributed by atoms with van der Waals surface area (Å²) in [5.74, 6) is -1.91. The summed E-state index contributed by atoms with van der Waals surface area (Å²) in [6.07, 6.45) is -1.47. The highest BCUT2D eigenvalue weighted by Crippen LogP contribution is 2.52. The minimum Gasteiger partial charge on any atom is -0.481 e. The van der Waals surface area contributed by atoms with Crippen LogP contribution in [0.5, 0.6) is 0 Å². The molecule has 0 aliphatic heterocycles. The molecule has 2 amide bonds. The van der Waals surface area contributed by atoms with E-state index in [1.54, 1.807) is 41.5 Å². The fourth-order valence-corrected chi connectivity index (χ4v) is 3.84. The lowest BCUT2D eigenvalue weighted by Crippen LogP contribution is -2.49. The second kappa shape index (κ2) is 11.3. The first-order valence-corrected chi connectivity index (χ1v) is 10.3. The lowest BCUT2D eigenvalue weighted by molar-refractivity contribution is -0.137. The number of hydrogen-bond donors (Lipinski definition) is 2. The van der Waals surface area contributed by atoms with Crippen molar-refractivity contribution in [1.29, 1.82) is 0 Å².